The first kappa shape index (κ1) is 19.4. The lowest BCUT2D eigenvalue weighted by Crippen LogP contribution is -2.42. The van der Waals surface area contributed by atoms with Crippen LogP contribution in [-0.4, -0.2) is 63.9 Å². The summed E-state index contributed by atoms with van der Waals surface area (Å²) in [4.78, 5) is 9.43. The Hall–Kier alpha value is -1.96. The molecule has 2 fully saturated rings. The van der Waals surface area contributed by atoms with Crippen LogP contribution in [0.25, 0.3) is 0 Å². The van der Waals surface area contributed by atoms with Crippen LogP contribution in [0, 0.1) is 0 Å². The molecule has 0 unspecified atom stereocenters. The van der Waals surface area contributed by atoms with Gasteiger partial charge in [0.2, 0.25) is 0 Å². The Bertz CT molecular complexity index is 787. The van der Waals surface area contributed by atoms with Gasteiger partial charge in [0.1, 0.15) is 0 Å². The predicted molar refractivity (Wildman–Crippen MR) is 114 cm³/mol. The number of nitrogens with zero attached hydrogens (tertiary/aromatic N) is 4. The van der Waals surface area contributed by atoms with Crippen LogP contribution in [0.3, 0.4) is 0 Å². The molecule has 2 atom stereocenters. The Labute approximate surface area is 172 Å². The summed E-state index contributed by atoms with van der Waals surface area (Å²) in [5.41, 5.74) is 2.31. The summed E-state index contributed by atoms with van der Waals surface area (Å²) in [7, 11) is 0. The largest absolute Gasteiger partial charge is 0.379 e. The van der Waals surface area contributed by atoms with Crippen LogP contribution in [-0.2, 0) is 4.74 Å². The van der Waals surface area contributed by atoms with E-state index in [0.29, 0.717) is 6.04 Å². The van der Waals surface area contributed by atoms with E-state index >= 15 is 0 Å². The van der Waals surface area contributed by atoms with Crippen LogP contribution < -0.4 is 5.32 Å². The minimum Gasteiger partial charge on any atom is -0.379 e. The first-order chi connectivity index (χ1) is 13.6. The minimum absolute atomic E-state index is 0.0470. The SMILES string of the molecule is CC(C)n1cccc1[C@H]1[C@H](c2ccccn2)NC(=S)N1CCN1CCOCC1. The van der Waals surface area contributed by atoms with Gasteiger partial charge in [0.25, 0.3) is 0 Å². The summed E-state index contributed by atoms with van der Waals surface area (Å²) in [6.45, 7) is 9.94. The number of thiocarbonyl (C=S) groups is 1. The van der Waals surface area contributed by atoms with Crippen molar-refractivity contribution in [1.29, 1.82) is 0 Å². The second-order valence-electron chi connectivity index (χ2n) is 7.71. The van der Waals surface area contributed by atoms with E-state index in [2.05, 4.69) is 62.9 Å². The van der Waals surface area contributed by atoms with Gasteiger partial charge in [-0.2, -0.15) is 0 Å². The van der Waals surface area contributed by atoms with Crippen molar-refractivity contribution in [2.45, 2.75) is 32.0 Å². The molecule has 0 aromatic carbocycles. The molecule has 0 saturated carbocycles. The molecule has 0 aliphatic carbocycles. The number of hydrogen-bond acceptors (Lipinski definition) is 4. The van der Waals surface area contributed by atoms with Crippen molar-refractivity contribution in [1.82, 2.24) is 24.7 Å². The first-order valence-corrected chi connectivity index (χ1v) is 10.5. The maximum Gasteiger partial charge on any atom is 0.170 e. The van der Waals surface area contributed by atoms with E-state index in [-0.39, 0.29) is 12.1 Å². The highest BCUT2D eigenvalue weighted by atomic mass is 32.1. The Kier molecular flexibility index (Phi) is 5.94. The molecule has 150 valence electrons. The maximum atomic E-state index is 5.78. The Morgan fingerprint density at radius 2 is 2.00 bits per heavy atom. The summed E-state index contributed by atoms with van der Waals surface area (Å²) in [6.07, 6.45) is 4.02. The third-order valence-electron chi connectivity index (χ3n) is 5.63. The summed E-state index contributed by atoms with van der Waals surface area (Å²) >= 11 is 5.78. The molecule has 0 bridgehead atoms. The fraction of sp³-hybridized carbons (Fsp3) is 0.524. The molecule has 2 aliphatic rings. The molecule has 2 saturated heterocycles. The van der Waals surface area contributed by atoms with Crippen LogP contribution in [0.2, 0.25) is 0 Å². The number of ether oxygens (including phenoxy) is 1. The third-order valence-corrected chi connectivity index (χ3v) is 5.98. The summed E-state index contributed by atoms with van der Waals surface area (Å²) in [5.74, 6) is 0. The van der Waals surface area contributed by atoms with E-state index in [1.807, 2.05) is 18.3 Å². The smallest absolute Gasteiger partial charge is 0.170 e. The molecule has 1 N–H and O–H groups in total. The van der Waals surface area contributed by atoms with Gasteiger partial charge in [0, 0.05) is 50.3 Å². The van der Waals surface area contributed by atoms with E-state index in [1.54, 1.807) is 0 Å². The molecule has 28 heavy (non-hydrogen) atoms. The topological polar surface area (TPSA) is 45.6 Å². The van der Waals surface area contributed by atoms with E-state index in [4.69, 9.17) is 17.0 Å². The summed E-state index contributed by atoms with van der Waals surface area (Å²) in [5, 5.41) is 4.36. The fourth-order valence-corrected chi connectivity index (χ4v) is 4.50. The van der Waals surface area contributed by atoms with Gasteiger partial charge in [-0.3, -0.25) is 9.88 Å². The molecular weight excluding hydrogens is 370 g/mol. The third kappa shape index (κ3) is 3.92. The predicted octanol–water partition coefficient (Wildman–Crippen LogP) is 2.77. The highest BCUT2D eigenvalue weighted by molar-refractivity contribution is 7.80. The van der Waals surface area contributed by atoms with Gasteiger partial charge in [-0.25, -0.2) is 0 Å². The van der Waals surface area contributed by atoms with Gasteiger partial charge in [0.05, 0.1) is 31.0 Å². The molecule has 6 nitrogen and oxygen atoms in total. The van der Waals surface area contributed by atoms with Gasteiger partial charge in [-0.05, 0) is 50.3 Å². The van der Waals surface area contributed by atoms with E-state index in [1.165, 1.54) is 5.69 Å². The van der Waals surface area contributed by atoms with Crippen molar-refractivity contribution < 1.29 is 4.74 Å². The first-order valence-electron chi connectivity index (χ1n) is 10.1. The molecular formula is C21H29N5OS. The second-order valence-corrected chi connectivity index (χ2v) is 8.09. The van der Waals surface area contributed by atoms with E-state index in [9.17, 15) is 0 Å². The molecule has 0 radical (unpaired) electrons. The fourth-order valence-electron chi connectivity index (χ4n) is 4.17. The number of rotatable bonds is 6. The zero-order chi connectivity index (χ0) is 19.5. The van der Waals surface area contributed by atoms with Crippen molar-refractivity contribution in [3.63, 3.8) is 0 Å². The molecule has 2 aromatic rings. The van der Waals surface area contributed by atoms with E-state index < -0.39 is 0 Å². The average molecular weight is 400 g/mol. The summed E-state index contributed by atoms with van der Waals surface area (Å²) in [6, 6.07) is 11.0. The lowest BCUT2D eigenvalue weighted by atomic mass is 10.0. The zero-order valence-electron chi connectivity index (χ0n) is 16.6. The number of morpholine rings is 1. The van der Waals surface area contributed by atoms with Gasteiger partial charge in [0.15, 0.2) is 5.11 Å². The van der Waals surface area contributed by atoms with Crippen molar-refractivity contribution in [3.05, 3.63) is 54.1 Å². The molecule has 0 spiro atoms. The highest BCUT2D eigenvalue weighted by Gasteiger charge is 2.41. The van der Waals surface area contributed by atoms with Crippen LogP contribution in [0.4, 0.5) is 0 Å². The van der Waals surface area contributed by atoms with Gasteiger partial charge in [-0.1, -0.05) is 6.07 Å². The second kappa shape index (κ2) is 8.59. The lowest BCUT2D eigenvalue weighted by molar-refractivity contribution is 0.0349. The lowest BCUT2D eigenvalue weighted by Gasteiger charge is -2.33. The summed E-state index contributed by atoms with van der Waals surface area (Å²) < 4.78 is 7.83. The van der Waals surface area contributed by atoms with Crippen LogP contribution in [0.15, 0.2) is 42.7 Å². The van der Waals surface area contributed by atoms with E-state index in [0.717, 1.165) is 50.2 Å². The Balaban J connectivity index is 1.63. The molecule has 4 heterocycles. The van der Waals surface area contributed by atoms with Crippen molar-refractivity contribution in [2.24, 2.45) is 0 Å². The van der Waals surface area contributed by atoms with Crippen molar-refractivity contribution in [3.8, 4) is 0 Å². The minimum atomic E-state index is 0.0470. The number of nitrogens with one attached hydrogen (secondary N) is 1. The highest BCUT2D eigenvalue weighted by Crippen LogP contribution is 2.39. The van der Waals surface area contributed by atoms with Gasteiger partial charge in [-0.15, -0.1) is 0 Å². The molecule has 2 aromatic heterocycles. The van der Waals surface area contributed by atoms with Crippen molar-refractivity contribution >= 4 is 17.3 Å². The zero-order valence-corrected chi connectivity index (χ0v) is 17.4. The molecule has 4 rings (SSSR count). The van der Waals surface area contributed by atoms with Gasteiger partial charge >= 0.3 is 0 Å². The van der Waals surface area contributed by atoms with Crippen LogP contribution in [0.5, 0.6) is 0 Å². The number of pyridine rings is 1. The standard InChI is InChI=1S/C21H29N5OS/c1-16(2)25-9-5-7-18(25)20-19(17-6-3-4-8-22-17)23-21(28)26(20)11-10-24-12-14-27-15-13-24/h3-9,16,19-20H,10-15H2,1-2H3,(H,23,28)/t19-,20-/m0/s1. The Morgan fingerprint density at radius 1 is 1.18 bits per heavy atom. The van der Waals surface area contributed by atoms with Crippen LogP contribution >= 0.6 is 12.2 Å². The van der Waals surface area contributed by atoms with Gasteiger partial charge < -0.3 is 19.5 Å². The quantitative estimate of drug-likeness (QED) is 0.754. The van der Waals surface area contributed by atoms with Crippen molar-refractivity contribution in [2.75, 3.05) is 39.4 Å². The Morgan fingerprint density at radius 3 is 2.71 bits per heavy atom. The van der Waals surface area contributed by atoms with Crippen LogP contribution in [0.1, 0.15) is 43.4 Å². The number of aromatic nitrogens is 2. The average Bonchev–Trinajstić information content (AvgIpc) is 3.32. The monoisotopic (exact) mass is 399 g/mol. The number of hydrogen-bond donors (Lipinski definition) is 1. The molecule has 2 aliphatic heterocycles. The molecule has 7 heteroatoms. The molecule has 0 amide bonds. The normalized spacial score (nSPS) is 23.4. The maximum absolute atomic E-state index is 5.78.